The van der Waals surface area contributed by atoms with E-state index in [-0.39, 0.29) is 6.33 Å². The number of carbonyl (C=O) groups is 1. The van der Waals surface area contributed by atoms with Crippen LogP contribution in [0.1, 0.15) is 6.92 Å². The van der Waals surface area contributed by atoms with Crippen LogP contribution in [0, 0.1) is 0 Å². The Kier molecular flexibility index (Phi) is 9.79. The van der Waals surface area contributed by atoms with Gasteiger partial charge in [0.2, 0.25) is 0 Å². The Labute approximate surface area is 58.7 Å². The predicted molar refractivity (Wildman–Crippen MR) is 31.0 cm³/mol. The molecule has 0 unspecified atom stereocenters. The summed E-state index contributed by atoms with van der Waals surface area (Å²) in [5.41, 5.74) is 0. The molecular weight excluding hydrogens is 201 g/mol. The third-order valence-electron chi connectivity index (χ3n) is 0.0825. The summed E-state index contributed by atoms with van der Waals surface area (Å²) in [6.45, 7) is 0.861. The number of rotatable bonds is 0. The second-order valence-electron chi connectivity index (χ2n) is 0.869. The molecule has 0 aliphatic rings. The van der Waals surface area contributed by atoms with E-state index in [0.717, 1.165) is 6.92 Å². The Hall–Kier alpha value is -0.320. The average Bonchev–Trinajstić information content (AvgIpc) is 1.65. The maximum atomic E-state index is 10.8. The summed E-state index contributed by atoms with van der Waals surface area (Å²) < 4.78 is 30.8. The molecule has 0 atom stereocenters. The number of hydrogen-bond donors (Lipinski definition) is 0. The predicted octanol–water partition coefficient (Wildman–Crippen LogP) is 2.62. The van der Waals surface area contributed by atoms with E-state index in [2.05, 4.69) is 15.9 Å². The van der Waals surface area contributed by atoms with Crippen molar-refractivity contribution >= 4 is 22.0 Å². The Morgan fingerprint density at radius 3 is 1.67 bits per heavy atom. The van der Waals surface area contributed by atoms with E-state index in [9.17, 15) is 13.2 Å². The van der Waals surface area contributed by atoms with Crippen LogP contribution in [0.5, 0.6) is 0 Å². The zero-order chi connectivity index (χ0) is 7.86. The summed E-state index contributed by atoms with van der Waals surface area (Å²) >= 11 is 2.19. The van der Waals surface area contributed by atoms with Crippen molar-refractivity contribution in [3.05, 3.63) is 11.1 Å². The van der Waals surface area contributed by atoms with Crippen LogP contribution in [0.25, 0.3) is 0 Å². The molecule has 0 rings (SSSR count). The smallest absolute Gasteiger partial charge is 0.262 e. The molecule has 9 heavy (non-hydrogen) atoms. The number of halogens is 4. The summed E-state index contributed by atoms with van der Waals surface area (Å²) in [6.07, 6.45) is -0.167. The maximum absolute atomic E-state index is 10.8. The van der Waals surface area contributed by atoms with Crippen molar-refractivity contribution < 1.29 is 18.0 Å². The van der Waals surface area contributed by atoms with Crippen LogP contribution in [-0.4, -0.2) is 6.04 Å². The first-order chi connectivity index (χ1) is 4.00. The quantitative estimate of drug-likeness (QED) is 0.555. The van der Waals surface area contributed by atoms with Gasteiger partial charge in [0.1, 0.15) is 6.33 Å². The van der Waals surface area contributed by atoms with Gasteiger partial charge in [-0.15, -0.1) is 0 Å². The molecule has 0 amide bonds. The monoisotopic (exact) mass is 204 g/mol. The molecule has 0 aromatic rings. The molecule has 0 N–H and O–H groups in total. The minimum atomic E-state index is -1.33. The van der Waals surface area contributed by atoms with Gasteiger partial charge < -0.3 is 0 Å². The molecule has 0 spiro atoms. The van der Waals surface area contributed by atoms with Crippen molar-refractivity contribution in [1.82, 2.24) is 0 Å². The molecule has 0 saturated carbocycles. The van der Waals surface area contributed by atoms with Crippen molar-refractivity contribution in [2.75, 3.05) is 0 Å². The van der Waals surface area contributed by atoms with Gasteiger partial charge in [-0.05, 0) is 15.9 Å². The molecule has 0 bridgehead atoms. The van der Waals surface area contributed by atoms with Crippen molar-refractivity contribution in [2.45, 2.75) is 6.92 Å². The minimum Gasteiger partial charge on any atom is -0.262 e. The summed E-state index contributed by atoms with van der Waals surface area (Å²) in [4.78, 5) is 8.78. The van der Waals surface area contributed by atoms with Crippen LogP contribution < -0.4 is 0 Å². The Bertz CT molecular complexity index is 104. The highest BCUT2D eigenvalue weighted by molar-refractivity contribution is 9.11. The standard InChI is InChI=1S/C2HBrF2.C2H3FO/c3-2(5)1-4;1-2(3)4/h1H;1H3. The van der Waals surface area contributed by atoms with Crippen LogP contribution in [0.15, 0.2) is 11.1 Å². The van der Waals surface area contributed by atoms with Gasteiger partial charge in [-0.1, -0.05) is 0 Å². The highest BCUT2D eigenvalue weighted by atomic mass is 79.9. The molecule has 0 fully saturated rings. The van der Waals surface area contributed by atoms with E-state index in [1.165, 1.54) is 0 Å². The summed E-state index contributed by atoms with van der Waals surface area (Å²) in [5.74, 6) is 0. The summed E-state index contributed by atoms with van der Waals surface area (Å²) in [5, 5.41) is 0. The van der Waals surface area contributed by atoms with Crippen molar-refractivity contribution in [1.29, 1.82) is 0 Å². The van der Waals surface area contributed by atoms with Gasteiger partial charge in [0, 0.05) is 6.92 Å². The zero-order valence-electron chi connectivity index (χ0n) is 4.50. The van der Waals surface area contributed by atoms with Crippen LogP contribution in [0.4, 0.5) is 13.2 Å². The molecule has 0 radical (unpaired) electrons. The maximum Gasteiger partial charge on any atom is 0.298 e. The lowest BCUT2D eigenvalue weighted by Crippen LogP contribution is -1.65. The van der Waals surface area contributed by atoms with Crippen molar-refractivity contribution in [3.8, 4) is 0 Å². The third-order valence-corrected chi connectivity index (χ3v) is 0.256. The third kappa shape index (κ3) is 87.8. The molecule has 0 saturated heterocycles. The molecule has 1 nitrogen and oxygen atoms in total. The first kappa shape index (κ1) is 11.5. The molecule has 54 valence electrons. The van der Waals surface area contributed by atoms with Gasteiger partial charge >= 0.3 is 0 Å². The lowest BCUT2D eigenvalue weighted by Gasteiger charge is -1.62. The lowest BCUT2D eigenvalue weighted by molar-refractivity contribution is -0.126. The van der Waals surface area contributed by atoms with Crippen molar-refractivity contribution in [3.63, 3.8) is 0 Å². The first-order valence-corrected chi connectivity index (χ1v) is 2.57. The van der Waals surface area contributed by atoms with E-state index in [0.29, 0.717) is 0 Å². The highest BCUT2D eigenvalue weighted by Gasteiger charge is 1.74. The van der Waals surface area contributed by atoms with Gasteiger partial charge in [0.15, 0.2) is 4.74 Å². The second kappa shape index (κ2) is 7.68. The molecule has 5 heteroatoms. The highest BCUT2D eigenvalue weighted by Crippen LogP contribution is 2.03. The van der Waals surface area contributed by atoms with E-state index < -0.39 is 10.8 Å². The van der Waals surface area contributed by atoms with Gasteiger partial charge in [0.05, 0.1) is 0 Å². The summed E-state index contributed by atoms with van der Waals surface area (Å²) in [7, 11) is 0. The van der Waals surface area contributed by atoms with Crippen LogP contribution in [0.2, 0.25) is 0 Å². The number of carbonyl (C=O) groups excluding carboxylic acids is 1. The minimum absolute atomic E-state index is 0.167. The molecule has 0 aromatic heterocycles. The Balaban J connectivity index is 0. The van der Waals surface area contributed by atoms with Crippen LogP contribution in [-0.2, 0) is 4.79 Å². The van der Waals surface area contributed by atoms with Crippen LogP contribution >= 0.6 is 15.9 Å². The Morgan fingerprint density at radius 1 is 1.56 bits per heavy atom. The van der Waals surface area contributed by atoms with Gasteiger partial charge in [-0.2, -0.15) is 8.78 Å². The second-order valence-corrected chi connectivity index (χ2v) is 1.63. The summed E-state index contributed by atoms with van der Waals surface area (Å²) in [6, 6.07) is -1.33. The van der Waals surface area contributed by atoms with Gasteiger partial charge in [-0.25, -0.2) is 4.39 Å². The molecule has 0 aliphatic heterocycles. The van der Waals surface area contributed by atoms with Gasteiger partial charge in [-0.3, -0.25) is 4.79 Å². The van der Waals surface area contributed by atoms with E-state index in [1.54, 1.807) is 0 Å². The molecular formula is C4H4BrF3O. The fraction of sp³-hybridized carbons (Fsp3) is 0.250. The fourth-order valence-electron chi connectivity index (χ4n) is 0. The number of hydrogen-bond acceptors (Lipinski definition) is 1. The van der Waals surface area contributed by atoms with Crippen LogP contribution in [0.3, 0.4) is 0 Å². The van der Waals surface area contributed by atoms with Crippen molar-refractivity contribution in [2.24, 2.45) is 0 Å². The van der Waals surface area contributed by atoms with E-state index in [4.69, 9.17) is 4.79 Å². The normalized spacial score (nSPS) is 9.67. The SMILES string of the molecule is CC(=O)F.FC=C(F)Br. The van der Waals surface area contributed by atoms with E-state index >= 15 is 0 Å². The average molecular weight is 205 g/mol. The lowest BCUT2D eigenvalue weighted by atomic mass is 10.9. The van der Waals surface area contributed by atoms with E-state index in [1.807, 2.05) is 0 Å². The zero-order valence-corrected chi connectivity index (χ0v) is 6.08. The first-order valence-electron chi connectivity index (χ1n) is 1.78. The van der Waals surface area contributed by atoms with Gasteiger partial charge in [0.25, 0.3) is 6.04 Å². The molecule has 0 aliphatic carbocycles. The largest absolute Gasteiger partial charge is 0.298 e. The fourth-order valence-corrected chi connectivity index (χ4v) is 0. The Morgan fingerprint density at radius 2 is 1.67 bits per heavy atom. The topological polar surface area (TPSA) is 17.1 Å². The molecule has 0 aromatic carbocycles. The molecule has 0 heterocycles.